The van der Waals surface area contributed by atoms with Gasteiger partial charge >= 0.3 is 0 Å². The zero-order valence-corrected chi connectivity index (χ0v) is 16.9. The van der Waals surface area contributed by atoms with Gasteiger partial charge in [-0.3, -0.25) is 19.3 Å². The number of hydrogen-bond acceptors (Lipinski definition) is 6. The van der Waals surface area contributed by atoms with Gasteiger partial charge in [0.1, 0.15) is 6.61 Å². The van der Waals surface area contributed by atoms with Crippen LogP contribution < -0.4 is 11.1 Å². The Balaban J connectivity index is 1.71. The largest absolute Gasteiger partial charge is 0.377 e. The number of aromatic amines is 1. The second kappa shape index (κ2) is 7.29. The van der Waals surface area contributed by atoms with Gasteiger partial charge in [0.2, 0.25) is 0 Å². The molecular weight excluding hydrogens is 396 g/mol. The Morgan fingerprint density at radius 3 is 2.35 bits per heavy atom. The lowest BCUT2D eigenvalue weighted by Gasteiger charge is -2.09. The van der Waals surface area contributed by atoms with Crippen molar-refractivity contribution in [2.75, 3.05) is 7.11 Å². The normalized spacial score (nSPS) is 11.4. The highest BCUT2D eigenvalue weighted by Crippen LogP contribution is 2.17. The molecule has 0 bridgehead atoms. The summed E-state index contributed by atoms with van der Waals surface area (Å²) in [6.07, 6.45) is 3.27. The van der Waals surface area contributed by atoms with Crippen molar-refractivity contribution in [3.63, 3.8) is 0 Å². The van der Waals surface area contributed by atoms with Crippen molar-refractivity contribution in [2.45, 2.75) is 13.5 Å². The van der Waals surface area contributed by atoms with Crippen molar-refractivity contribution in [1.29, 1.82) is 0 Å². The molecule has 1 N–H and O–H groups in total. The van der Waals surface area contributed by atoms with Crippen molar-refractivity contribution in [2.24, 2.45) is 0 Å². The van der Waals surface area contributed by atoms with Gasteiger partial charge < -0.3 is 4.74 Å². The van der Waals surface area contributed by atoms with Gasteiger partial charge in [0.05, 0.1) is 21.8 Å². The SMILES string of the molecule is COCc1nc(-n2ccc3nc4ccn(-c5cccc(C)c5)c(=O)c4cc3c2=O)n[nH]1. The molecule has 0 spiro atoms. The molecule has 0 aliphatic rings. The molecule has 0 atom stereocenters. The van der Waals surface area contributed by atoms with Crippen LogP contribution in [-0.4, -0.2) is 36.4 Å². The first-order valence-corrected chi connectivity index (χ1v) is 9.60. The smallest absolute Gasteiger partial charge is 0.267 e. The summed E-state index contributed by atoms with van der Waals surface area (Å²) in [6.45, 7) is 2.22. The summed E-state index contributed by atoms with van der Waals surface area (Å²) in [5.74, 6) is 0.700. The molecule has 154 valence electrons. The van der Waals surface area contributed by atoms with Gasteiger partial charge in [0.15, 0.2) is 5.82 Å². The average Bonchev–Trinajstić information content (AvgIpc) is 3.22. The number of nitrogens with one attached hydrogen (secondary N) is 1. The third kappa shape index (κ3) is 3.21. The van der Waals surface area contributed by atoms with Crippen LogP contribution in [0.2, 0.25) is 0 Å². The minimum Gasteiger partial charge on any atom is -0.377 e. The number of benzene rings is 1. The lowest BCUT2D eigenvalue weighted by atomic mass is 10.1. The highest BCUT2D eigenvalue weighted by atomic mass is 16.5. The Morgan fingerprint density at radius 2 is 1.65 bits per heavy atom. The topological polar surface area (TPSA) is 108 Å². The van der Waals surface area contributed by atoms with Crippen LogP contribution in [0.25, 0.3) is 33.4 Å². The highest BCUT2D eigenvalue weighted by Gasteiger charge is 2.13. The standard InChI is InChI=1S/C22H18N6O3/c1-13-4-3-5-14(10-13)27-8-6-17-15(20(27)29)11-16-18(23-17)7-9-28(21(16)30)22-24-19(12-31-2)25-26-22/h3-11H,12H2,1-2H3,(H,24,25,26). The van der Waals surface area contributed by atoms with E-state index < -0.39 is 0 Å². The molecule has 4 heterocycles. The van der Waals surface area contributed by atoms with Gasteiger partial charge in [-0.15, -0.1) is 5.10 Å². The minimum atomic E-state index is -0.361. The van der Waals surface area contributed by atoms with Crippen LogP contribution in [0.3, 0.4) is 0 Å². The van der Waals surface area contributed by atoms with Gasteiger partial charge in [-0.05, 0) is 42.8 Å². The first-order valence-electron chi connectivity index (χ1n) is 9.60. The van der Waals surface area contributed by atoms with E-state index in [4.69, 9.17) is 4.74 Å². The number of pyridine rings is 3. The van der Waals surface area contributed by atoms with Crippen LogP contribution in [0.1, 0.15) is 11.4 Å². The molecule has 31 heavy (non-hydrogen) atoms. The predicted molar refractivity (Wildman–Crippen MR) is 116 cm³/mol. The zero-order chi connectivity index (χ0) is 21.5. The number of H-pyrrole nitrogens is 1. The highest BCUT2D eigenvalue weighted by molar-refractivity contribution is 5.91. The number of methoxy groups -OCH3 is 1. The van der Waals surface area contributed by atoms with Crippen molar-refractivity contribution >= 4 is 21.8 Å². The Morgan fingerprint density at radius 1 is 0.935 bits per heavy atom. The van der Waals surface area contributed by atoms with Gasteiger partial charge in [-0.2, -0.15) is 4.98 Å². The van der Waals surface area contributed by atoms with Crippen LogP contribution in [0.15, 0.2) is 64.4 Å². The maximum atomic E-state index is 13.2. The predicted octanol–water partition coefficient (Wildman–Crippen LogP) is 2.26. The molecule has 5 rings (SSSR count). The summed E-state index contributed by atoms with van der Waals surface area (Å²) < 4.78 is 7.89. The molecule has 9 heteroatoms. The molecule has 0 aliphatic carbocycles. The summed E-state index contributed by atoms with van der Waals surface area (Å²) in [4.78, 5) is 35.1. The Bertz CT molecular complexity index is 1560. The van der Waals surface area contributed by atoms with Crippen LogP contribution in [0.4, 0.5) is 0 Å². The number of rotatable bonds is 4. The van der Waals surface area contributed by atoms with Gasteiger partial charge in [-0.1, -0.05) is 12.1 Å². The molecule has 0 unspecified atom stereocenters. The molecule has 0 saturated carbocycles. The summed E-state index contributed by atoms with van der Waals surface area (Å²) >= 11 is 0. The van der Waals surface area contributed by atoms with Crippen molar-refractivity contribution < 1.29 is 4.74 Å². The van der Waals surface area contributed by atoms with E-state index in [1.165, 1.54) is 4.57 Å². The molecule has 1 aromatic carbocycles. The van der Waals surface area contributed by atoms with Crippen LogP contribution >= 0.6 is 0 Å². The van der Waals surface area contributed by atoms with Crippen molar-refractivity contribution in [3.05, 3.63) is 87.0 Å². The Hall–Kier alpha value is -4.11. The molecule has 0 fully saturated rings. The number of hydrogen-bond donors (Lipinski definition) is 1. The molecule has 5 aromatic rings. The van der Waals surface area contributed by atoms with E-state index in [2.05, 4.69) is 20.2 Å². The summed E-state index contributed by atoms with van der Waals surface area (Å²) in [7, 11) is 1.55. The van der Waals surface area contributed by atoms with Crippen LogP contribution in [0, 0.1) is 6.92 Å². The first-order chi connectivity index (χ1) is 15.0. The Labute approximate surface area is 175 Å². The molecular formula is C22H18N6O3. The molecule has 0 radical (unpaired) electrons. The van der Waals surface area contributed by atoms with Crippen molar-refractivity contribution in [1.82, 2.24) is 29.3 Å². The van der Waals surface area contributed by atoms with E-state index >= 15 is 0 Å². The average molecular weight is 414 g/mol. The summed E-state index contributed by atoms with van der Waals surface area (Å²) in [5.41, 5.74) is 2.22. The minimum absolute atomic E-state index is 0.198. The fourth-order valence-electron chi connectivity index (χ4n) is 3.56. The lowest BCUT2D eigenvalue weighted by molar-refractivity contribution is 0.178. The van der Waals surface area contributed by atoms with E-state index in [9.17, 15) is 9.59 Å². The second-order valence-corrected chi connectivity index (χ2v) is 7.19. The number of aromatic nitrogens is 6. The molecule has 0 amide bonds. The molecule has 0 aliphatic heterocycles. The third-order valence-electron chi connectivity index (χ3n) is 5.04. The van der Waals surface area contributed by atoms with Crippen molar-refractivity contribution in [3.8, 4) is 11.6 Å². The maximum absolute atomic E-state index is 13.2. The molecule has 4 aromatic heterocycles. The number of ether oxygens (including phenoxy) is 1. The van der Waals surface area contributed by atoms with Gasteiger partial charge in [0, 0.05) is 25.2 Å². The van der Waals surface area contributed by atoms with E-state index in [0.717, 1.165) is 11.3 Å². The fraction of sp³-hybridized carbons (Fsp3) is 0.136. The van der Waals surface area contributed by atoms with E-state index in [1.807, 2.05) is 31.2 Å². The summed E-state index contributed by atoms with van der Waals surface area (Å²) in [6, 6.07) is 12.7. The number of fused-ring (bicyclic) bond motifs is 2. The second-order valence-electron chi connectivity index (χ2n) is 7.19. The fourth-order valence-corrected chi connectivity index (χ4v) is 3.56. The lowest BCUT2D eigenvalue weighted by Crippen LogP contribution is -2.21. The number of aryl methyl sites for hydroxylation is 1. The first kappa shape index (κ1) is 18.9. The van der Waals surface area contributed by atoms with Crippen LogP contribution in [0.5, 0.6) is 0 Å². The maximum Gasteiger partial charge on any atom is 0.267 e. The monoisotopic (exact) mass is 414 g/mol. The van der Waals surface area contributed by atoms with Crippen LogP contribution in [-0.2, 0) is 11.3 Å². The van der Waals surface area contributed by atoms with Gasteiger partial charge in [-0.25, -0.2) is 9.55 Å². The van der Waals surface area contributed by atoms with Gasteiger partial charge in [0.25, 0.3) is 17.1 Å². The molecule has 0 saturated heterocycles. The van der Waals surface area contributed by atoms with E-state index in [-0.39, 0.29) is 23.7 Å². The zero-order valence-electron chi connectivity index (χ0n) is 16.9. The Kier molecular flexibility index (Phi) is 4.45. The quantitative estimate of drug-likeness (QED) is 0.452. The third-order valence-corrected chi connectivity index (χ3v) is 5.04. The molecule has 9 nitrogen and oxygen atoms in total. The van der Waals surface area contributed by atoms with E-state index in [1.54, 1.807) is 42.3 Å². The number of nitrogens with zero attached hydrogens (tertiary/aromatic N) is 5. The van der Waals surface area contributed by atoms with E-state index in [0.29, 0.717) is 27.6 Å². The summed E-state index contributed by atoms with van der Waals surface area (Å²) in [5, 5.41) is 7.48.